The number of nitrogens with zero attached hydrogens (tertiary/aromatic N) is 5. The van der Waals surface area contributed by atoms with Crippen molar-refractivity contribution in [3.8, 4) is 10.6 Å². The van der Waals surface area contributed by atoms with Gasteiger partial charge in [-0.3, -0.25) is 9.59 Å². The van der Waals surface area contributed by atoms with Crippen molar-refractivity contribution in [2.45, 2.75) is 25.8 Å². The second-order valence-corrected chi connectivity index (χ2v) is 9.72. The van der Waals surface area contributed by atoms with Gasteiger partial charge in [-0.2, -0.15) is 5.10 Å². The number of rotatable bonds is 5. The molecule has 7 nitrogen and oxygen atoms in total. The van der Waals surface area contributed by atoms with Crippen molar-refractivity contribution in [3.63, 3.8) is 0 Å². The van der Waals surface area contributed by atoms with Gasteiger partial charge < -0.3 is 9.80 Å². The quantitative estimate of drug-likeness (QED) is 0.441. The number of aromatic nitrogens is 3. The zero-order valence-electron chi connectivity index (χ0n) is 17.7. The lowest BCUT2D eigenvalue weighted by molar-refractivity contribution is -0.119. The monoisotopic (exact) mass is 465 g/mol. The maximum Gasteiger partial charge on any atom is 0.294 e. The summed E-state index contributed by atoms with van der Waals surface area (Å²) in [5, 5.41) is 7.48. The van der Waals surface area contributed by atoms with Crippen LogP contribution in [0.3, 0.4) is 0 Å². The molecule has 9 heteroatoms. The first-order chi connectivity index (χ1) is 15.6. The van der Waals surface area contributed by atoms with Gasteiger partial charge in [0.05, 0.1) is 9.58 Å². The van der Waals surface area contributed by atoms with E-state index in [9.17, 15) is 9.59 Å². The fourth-order valence-electron chi connectivity index (χ4n) is 3.88. The molecule has 0 saturated carbocycles. The van der Waals surface area contributed by atoms with Gasteiger partial charge >= 0.3 is 0 Å². The highest BCUT2D eigenvalue weighted by Crippen LogP contribution is 2.36. The first-order valence-corrected chi connectivity index (χ1v) is 12.3. The number of likely N-dealkylation sites (N-methyl/N-ethyl adjacent to an activating group) is 1. The number of hydrogen-bond donors (Lipinski definition) is 0. The fourth-order valence-corrected chi connectivity index (χ4v) is 5.77. The average molecular weight is 466 g/mol. The number of benzene rings is 1. The molecule has 5 rings (SSSR count). The molecule has 1 amide bonds. The van der Waals surface area contributed by atoms with E-state index in [1.807, 2.05) is 47.8 Å². The van der Waals surface area contributed by atoms with Crippen LogP contribution in [0.25, 0.3) is 20.8 Å². The summed E-state index contributed by atoms with van der Waals surface area (Å²) < 4.78 is 2.05. The van der Waals surface area contributed by atoms with Crippen LogP contribution < -0.4 is 15.4 Å². The first-order valence-electron chi connectivity index (χ1n) is 10.6. The minimum absolute atomic E-state index is 0.144. The molecule has 0 N–H and O–H groups in total. The Kier molecular flexibility index (Phi) is 5.75. The summed E-state index contributed by atoms with van der Waals surface area (Å²) in [6.07, 6.45) is 3.50. The van der Waals surface area contributed by atoms with E-state index >= 15 is 0 Å². The van der Waals surface area contributed by atoms with Gasteiger partial charge in [0.2, 0.25) is 5.91 Å². The normalized spacial score (nSPS) is 14.1. The largest absolute Gasteiger partial charge is 0.348 e. The van der Waals surface area contributed by atoms with Gasteiger partial charge in [-0.1, -0.05) is 35.6 Å². The summed E-state index contributed by atoms with van der Waals surface area (Å²) in [7, 11) is 1.71. The molecule has 164 valence electrons. The number of para-hydroxylation sites is 1. The lowest BCUT2D eigenvalue weighted by atomic mass is 10.1. The van der Waals surface area contributed by atoms with Crippen molar-refractivity contribution in [2.24, 2.45) is 0 Å². The van der Waals surface area contributed by atoms with E-state index < -0.39 is 0 Å². The third-order valence-corrected chi connectivity index (χ3v) is 7.67. The SMILES string of the molecule is CN(C(=O)Cn1nc(-c2cccs2)c2sc(N3CCCCC3)nc2c1=O)c1ccccc1. The van der Waals surface area contributed by atoms with Gasteiger partial charge in [-0.15, -0.1) is 11.3 Å². The van der Waals surface area contributed by atoms with Crippen LogP contribution >= 0.6 is 22.7 Å². The molecule has 1 aliphatic heterocycles. The Morgan fingerprint density at radius 2 is 1.88 bits per heavy atom. The maximum atomic E-state index is 13.3. The molecule has 0 aliphatic carbocycles. The molecule has 3 aromatic heterocycles. The van der Waals surface area contributed by atoms with Crippen LogP contribution in [0.4, 0.5) is 10.8 Å². The summed E-state index contributed by atoms with van der Waals surface area (Å²) in [6, 6.07) is 13.3. The number of anilines is 2. The predicted octanol–water partition coefficient (Wildman–Crippen LogP) is 4.23. The smallest absolute Gasteiger partial charge is 0.294 e. The molecule has 0 spiro atoms. The van der Waals surface area contributed by atoms with Gasteiger partial charge in [0.15, 0.2) is 10.6 Å². The van der Waals surface area contributed by atoms with Crippen LogP contribution in [0, 0.1) is 0 Å². The number of fused-ring (bicyclic) bond motifs is 1. The van der Waals surface area contributed by atoms with E-state index in [2.05, 4.69) is 10.00 Å². The zero-order chi connectivity index (χ0) is 22.1. The highest BCUT2D eigenvalue weighted by Gasteiger charge is 2.23. The van der Waals surface area contributed by atoms with Gasteiger partial charge in [0.25, 0.3) is 5.56 Å². The molecule has 0 radical (unpaired) electrons. The number of carbonyl (C=O) groups is 1. The molecule has 4 aromatic rings. The molecule has 0 atom stereocenters. The minimum Gasteiger partial charge on any atom is -0.348 e. The molecule has 4 heterocycles. The number of thiophene rings is 1. The Bertz CT molecular complexity index is 1290. The molecule has 0 unspecified atom stereocenters. The number of thiazole rings is 1. The van der Waals surface area contributed by atoms with Gasteiger partial charge in [-0.25, -0.2) is 9.67 Å². The lowest BCUT2D eigenvalue weighted by Crippen LogP contribution is -2.35. The van der Waals surface area contributed by atoms with E-state index in [0.717, 1.165) is 46.3 Å². The summed E-state index contributed by atoms with van der Waals surface area (Å²) >= 11 is 3.09. The van der Waals surface area contributed by atoms with Crippen LogP contribution in [0.2, 0.25) is 0 Å². The molecular weight excluding hydrogens is 442 g/mol. The molecule has 1 saturated heterocycles. The number of amides is 1. The molecule has 1 aromatic carbocycles. The van der Waals surface area contributed by atoms with E-state index in [-0.39, 0.29) is 18.0 Å². The Hall–Kier alpha value is -3.04. The number of piperidine rings is 1. The van der Waals surface area contributed by atoms with Crippen molar-refractivity contribution in [3.05, 3.63) is 58.2 Å². The van der Waals surface area contributed by atoms with E-state index in [4.69, 9.17) is 4.98 Å². The molecule has 0 bridgehead atoms. The van der Waals surface area contributed by atoms with Crippen LogP contribution in [0.1, 0.15) is 19.3 Å². The van der Waals surface area contributed by atoms with E-state index in [0.29, 0.717) is 11.2 Å². The van der Waals surface area contributed by atoms with Crippen LogP contribution in [0.15, 0.2) is 52.6 Å². The van der Waals surface area contributed by atoms with Crippen molar-refractivity contribution in [1.82, 2.24) is 14.8 Å². The third kappa shape index (κ3) is 3.93. The molecule has 1 fully saturated rings. The number of carbonyl (C=O) groups excluding carboxylic acids is 1. The fraction of sp³-hybridized carbons (Fsp3) is 0.304. The van der Waals surface area contributed by atoms with E-state index in [1.165, 1.54) is 22.4 Å². The maximum absolute atomic E-state index is 13.3. The molecular formula is C23H23N5O2S2. The summed E-state index contributed by atoms with van der Waals surface area (Å²) in [5.41, 5.74) is 1.55. The highest BCUT2D eigenvalue weighted by molar-refractivity contribution is 7.23. The first kappa shape index (κ1) is 20.8. The van der Waals surface area contributed by atoms with Crippen molar-refractivity contribution in [2.75, 3.05) is 29.9 Å². The Morgan fingerprint density at radius 1 is 1.09 bits per heavy atom. The average Bonchev–Trinajstić information content (AvgIpc) is 3.52. The topological polar surface area (TPSA) is 71.3 Å². The Morgan fingerprint density at radius 3 is 2.59 bits per heavy atom. The van der Waals surface area contributed by atoms with Crippen molar-refractivity contribution < 1.29 is 4.79 Å². The second kappa shape index (κ2) is 8.84. The van der Waals surface area contributed by atoms with E-state index in [1.54, 1.807) is 23.3 Å². The van der Waals surface area contributed by atoms with Gasteiger partial charge in [0.1, 0.15) is 12.2 Å². The zero-order valence-corrected chi connectivity index (χ0v) is 19.4. The molecule has 1 aliphatic rings. The van der Waals surface area contributed by atoms with Crippen LogP contribution in [-0.4, -0.2) is 40.8 Å². The molecule has 32 heavy (non-hydrogen) atoms. The van der Waals surface area contributed by atoms with Gasteiger partial charge in [0, 0.05) is 25.8 Å². The number of hydrogen-bond acceptors (Lipinski definition) is 7. The van der Waals surface area contributed by atoms with Gasteiger partial charge in [-0.05, 0) is 42.8 Å². The minimum atomic E-state index is -0.324. The Balaban J connectivity index is 1.56. The summed E-state index contributed by atoms with van der Waals surface area (Å²) in [5.74, 6) is -0.214. The lowest BCUT2D eigenvalue weighted by Gasteiger charge is -2.25. The van der Waals surface area contributed by atoms with Crippen molar-refractivity contribution >= 4 is 49.6 Å². The van der Waals surface area contributed by atoms with Crippen LogP contribution in [0.5, 0.6) is 0 Å². The third-order valence-electron chi connectivity index (χ3n) is 5.67. The van der Waals surface area contributed by atoms with Crippen molar-refractivity contribution in [1.29, 1.82) is 0 Å². The predicted molar refractivity (Wildman–Crippen MR) is 131 cm³/mol. The second-order valence-electron chi connectivity index (χ2n) is 7.80. The Labute approximate surface area is 193 Å². The van der Waals surface area contributed by atoms with Crippen LogP contribution in [-0.2, 0) is 11.3 Å². The highest BCUT2D eigenvalue weighted by atomic mass is 32.1. The summed E-state index contributed by atoms with van der Waals surface area (Å²) in [6.45, 7) is 1.77. The summed E-state index contributed by atoms with van der Waals surface area (Å²) in [4.78, 5) is 35.7. The standard InChI is InChI=1S/C23H23N5O2S2/c1-26(16-9-4-2-5-10-16)18(29)15-28-22(30)20-21(19(25-28)17-11-8-14-31-17)32-23(24-20)27-12-6-3-7-13-27/h2,4-5,8-11,14H,3,6-7,12-13,15H2,1H3.